The SMILES string of the molecule is CCC(NC(CO)CC(C)C)c1ccc(OC)cc1. The largest absolute Gasteiger partial charge is 0.497 e. The van der Waals surface area contributed by atoms with Gasteiger partial charge < -0.3 is 15.2 Å². The van der Waals surface area contributed by atoms with Gasteiger partial charge in [0, 0.05) is 12.1 Å². The minimum Gasteiger partial charge on any atom is -0.497 e. The molecule has 3 heteroatoms. The Morgan fingerprint density at radius 2 is 1.84 bits per heavy atom. The highest BCUT2D eigenvalue weighted by Gasteiger charge is 2.16. The third-order valence-electron chi connectivity index (χ3n) is 3.34. The van der Waals surface area contributed by atoms with Gasteiger partial charge in [-0.2, -0.15) is 0 Å². The fourth-order valence-electron chi connectivity index (χ4n) is 2.33. The molecule has 2 N–H and O–H groups in total. The predicted octanol–water partition coefficient (Wildman–Crippen LogP) is 3.14. The van der Waals surface area contributed by atoms with Gasteiger partial charge in [0.1, 0.15) is 5.75 Å². The number of nitrogens with one attached hydrogen (secondary N) is 1. The molecule has 0 heterocycles. The summed E-state index contributed by atoms with van der Waals surface area (Å²) >= 11 is 0. The zero-order valence-electron chi connectivity index (χ0n) is 12.5. The summed E-state index contributed by atoms with van der Waals surface area (Å²) in [5, 5.41) is 13.0. The molecular formula is C16H27NO2. The van der Waals surface area contributed by atoms with Crippen molar-refractivity contribution in [1.29, 1.82) is 0 Å². The van der Waals surface area contributed by atoms with Crippen molar-refractivity contribution in [3.05, 3.63) is 29.8 Å². The van der Waals surface area contributed by atoms with E-state index in [9.17, 15) is 5.11 Å². The van der Waals surface area contributed by atoms with Gasteiger partial charge in [0.25, 0.3) is 0 Å². The van der Waals surface area contributed by atoms with Gasteiger partial charge in [-0.1, -0.05) is 32.9 Å². The van der Waals surface area contributed by atoms with E-state index in [1.54, 1.807) is 7.11 Å². The topological polar surface area (TPSA) is 41.5 Å². The van der Waals surface area contributed by atoms with Crippen LogP contribution < -0.4 is 10.1 Å². The van der Waals surface area contributed by atoms with Crippen LogP contribution in [0, 0.1) is 5.92 Å². The fraction of sp³-hybridized carbons (Fsp3) is 0.625. The van der Waals surface area contributed by atoms with Crippen LogP contribution in [0.2, 0.25) is 0 Å². The van der Waals surface area contributed by atoms with Gasteiger partial charge in [-0.05, 0) is 36.5 Å². The lowest BCUT2D eigenvalue weighted by molar-refractivity contribution is 0.211. The van der Waals surface area contributed by atoms with Crippen LogP contribution in [-0.4, -0.2) is 24.9 Å². The van der Waals surface area contributed by atoms with Gasteiger partial charge in [-0.25, -0.2) is 0 Å². The maximum absolute atomic E-state index is 9.47. The standard InChI is InChI=1S/C16H27NO2/c1-5-16(17-14(11-18)10-12(2)3)13-6-8-15(19-4)9-7-13/h6-9,12,14,16-18H,5,10-11H2,1-4H3. The Hall–Kier alpha value is -1.06. The first-order chi connectivity index (χ1) is 9.10. The average Bonchev–Trinajstić information content (AvgIpc) is 2.43. The maximum atomic E-state index is 9.47. The van der Waals surface area contributed by atoms with Gasteiger partial charge >= 0.3 is 0 Å². The summed E-state index contributed by atoms with van der Waals surface area (Å²) < 4.78 is 5.18. The van der Waals surface area contributed by atoms with Crippen LogP contribution in [0.1, 0.15) is 45.2 Å². The molecular weight excluding hydrogens is 238 g/mol. The van der Waals surface area contributed by atoms with Gasteiger partial charge in [-0.15, -0.1) is 0 Å². The zero-order chi connectivity index (χ0) is 14.3. The van der Waals surface area contributed by atoms with Crippen LogP contribution in [-0.2, 0) is 0 Å². The van der Waals surface area contributed by atoms with Crippen LogP contribution in [0.15, 0.2) is 24.3 Å². The second-order valence-electron chi connectivity index (χ2n) is 5.41. The molecule has 0 aromatic heterocycles. The number of aliphatic hydroxyl groups is 1. The Morgan fingerprint density at radius 1 is 1.21 bits per heavy atom. The molecule has 19 heavy (non-hydrogen) atoms. The van der Waals surface area contributed by atoms with E-state index in [0.717, 1.165) is 18.6 Å². The minimum atomic E-state index is 0.159. The van der Waals surface area contributed by atoms with Gasteiger partial charge in [-0.3, -0.25) is 0 Å². The summed E-state index contributed by atoms with van der Waals surface area (Å²) in [6.07, 6.45) is 1.99. The Kier molecular flexibility index (Phi) is 6.89. The van der Waals surface area contributed by atoms with E-state index in [0.29, 0.717) is 5.92 Å². The second-order valence-corrected chi connectivity index (χ2v) is 5.41. The van der Waals surface area contributed by atoms with E-state index in [4.69, 9.17) is 4.74 Å². The first-order valence-electron chi connectivity index (χ1n) is 7.11. The highest BCUT2D eigenvalue weighted by atomic mass is 16.5. The van der Waals surface area contributed by atoms with Crippen LogP contribution in [0.5, 0.6) is 5.75 Å². The Bertz CT molecular complexity index is 348. The molecule has 0 aliphatic heterocycles. The minimum absolute atomic E-state index is 0.159. The Balaban J connectivity index is 2.69. The Morgan fingerprint density at radius 3 is 2.26 bits per heavy atom. The van der Waals surface area contributed by atoms with E-state index in [2.05, 4.69) is 38.2 Å². The number of hydrogen-bond donors (Lipinski definition) is 2. The molecule has 0 saturated heterocycles. The fourth-order valence-corrected chi connectivity index (χ4v) is 2.33. The molecule has 0 bridgehead atoms. The molecule has 0 saturated carbocycles. The third-order valence-corrected chi connectivity index (χ3v) is 3.34. The Labute approximate surface area is 117 Å². The normalized spacial score (nSPS) is 14.4. The zero-order valence-corrected chi connectivity index (χ0v) is 12.5. The summed E-state index contributed by atoms with van der Waals surface area (Å²) in [6.45, 7) is 6.70. The van der Waals surface area contributed by atoms with E-state index in [1.165, 1.54) is 5.56 Å². The van der Waals surface area contributed by atoms with Crippen molar-refractivity contribution >= 4 is 0 Å². The van der Waals surface area contributed by atoms with E-state index < -0.39 is 0 Å². The summed E-state index contributed by atoms with van der Waals surface area (Å²) in [5.41, 5.74) is 1.24. The molecule has 0 radical (unpaired) electrons. The lowest BCUT2D eigenvalue weighted by Crippen LogP contribution is -2.36. The lowest BCUT2D eigenvalue weighted by Gasteiger charge is -2.25. The van der Waals surface area contributed by atoms with Crippen LogP contribution in [0.25, 0.3) is 0 Å². The summed E-state index contributed by atoms with van der Waals surface area (Å²) in [4.78, 5) is 0. The van der Waals surface area contributed by atoms with E-state index >= 15 is 0 Å². The molecule has 0 aliphatic rings. The predicted molar refractivity (Wildman–Crippen MR) is 79.5 cm³/mol. The van der Waals surface area contributed by atoms with E-state index in [-0.39, 0.29) is 18.7 Å². The quantitative estimate of drug-likeness (QED) is 0.758. The number of rotatable bonds is 8. The lowest BCUT2D eigenvalue weighted by atomic mass is 9.99. The molecule has 1 aromatic rings. The second kappa shape index (κ2) is 8.18. The number of aliphatic hydroxyl groups excluding tert-OH is 1. The van der Waals surface area contributed by atoms with Crippen molar-refractivity contribution in [2.24, 2.45) is 5.92 Å². The van der Waals surface area contributed by atoms with Crippen LogP contribution in [0.3, 0.4) is 0 Å². The van der Waals surface area contributed by atoms with Crippen molar-refractivity contribution in [3.63, 3.8) is 0 Å². The molecule has 3 nitrogen and oxygen atoms in total. The van der Waals surface area contributed by atoms with E-state index in [1.807, 2.05) is 12.1 Å². The van der Waals surface area contributed by atoms with Crippen molar-refractivity contribution in [1.82, 2.24) is 5.32 Å². The third kappa shape index (κ3) is 5.21. The van der Waals surface area contributed by atoms with Gasteiger partial charge in [0.05, 0.1) is 13.7 Å². The number of methoxy groups -OCH3 is 1. The molecule has 2 unspecified atom stereocenters. The summed E-state index contributed by atoms with van der Waals surface area (Å²) in [7, 11) is 1.68. The van der Waals surface area contributed by atoms with Crippen molar-refractivity contribution in [2.75, 3.05) is 13.7 Å². The molecule has 2 atom stereocenters. The van der Waals surface area contributed by atoms with Crippen LogP contribution >= 0.6 is 0 Å². The number of ether oxygens (including phenoxy) is 1. The summed E-state index contributed by atoms with van der Waals surface area (Å²) in [5.74, 6) is 1.46. The maximum Gasteiger partial charge on any atom is 0.118 e. The molecule has 0 fully saturated rings. The molecule has 1 aromatic carbocycles. The van der Waals surface area contributed by atoms with Crippen molar-refractivity contribution in [2.45, 2.75) is 45.7 Å². The number of hydrogen-bond acceptors (Lipinski definition) is 3. The average molecular weight is 265 g/mol. The number of benzene rings is 1. The molecule has 108 valence electrons. The van der Waals surface area contributed by atoms with Gasteiger partial charge in [0.15, 0.2) is 0 Å². The summed E-state index contributed by atoms with van der Waals surface area (Å²) in [6, 6.07) is 8.58. The molecule has 0 aliphatic carbocycles. The van der Waals surface area contributed by atoms with Crippen LogP contribution in [0.4, 0.5) is 0 Å². The molecule has 0 amide bonds. The van der Waals surface area contributed by atoms with Crippen molar-refractivity contribution < 1.29 is 9.84 Å². The molecule has 0 spiro atoms. The van der Waals surface area contributed by atoms with Gasteiger partial charge in [0.2, 0.25) is 0 Å². The first-order valence-corrected chi connectivity index (χ1v) is 7.11. The molecule has 1 rings (SSSR count). The monoisotopic (exact) mass is 265 g/mol. The highest BCUT2D eigenvalue weighted by Crippen LogP contribution is 2.21. The highest BCUT2D eigenvalue weighted by molar-refractivity contribution is 5.29. The first kappa shape index (κ1) is 16.0. The smallest absolute Gasteiger partial charge is 0.118 e. The van der Waals surface area contributed by atoms with Crippen molar-refractivity contribution in [3.8, 4) is 5.75 Å².